The highest BCUT2D eigenvalue weighted by Crippen LogP contribution is 2.36. The summed E-state index contributed by atoms with van der Waals surface area (Å²) in [7, 11) is 0.479. The third kappa shape index (κ3) is 8.08. The van der Waals surface area contributed by atoms with Crippen LogP contribution in [0.5, 0.6) is 23.3 Å². The fourth-order valence-electron chi connectivity index (χ4n) is 5.67. The molecule has 2 unspecified atom stereocenters. The molecule has 0 aliphatic heterocycles. The smallest absolute Gasteiger partial charge is 0.219 e. The molecular formula is C42H40N2O3Si2. The van der Waals surface area contributed by atoms with Crippen LogP contribution in [0.4, 0.5) is 0 Å². The van der Waals surface area contributed by atoms with E-state index in [1.807, 2.05) is 97.1 Å². The molecule has 6 aromatic rings. The fraction of sp³-hybridized carbons (Fsp3) is 0.190. The fourth-order valence-corrected chi connectivity index (χ4v) is 8.98. The second-order valence-electron chi connectivity index (χ2n) is 12.5. The molecule has 0 N–H and O–H groups in total. The number of pyridine rings is 2. The van der Waals surface area contributed by atoms with Gasteiger partial charge in [-0.2, -0.15) is 0 Å². The van der Waals surface area contributed by atoms with Gasteiger partial charge in [0, 0.05) is 12.1 Å². The van der Waals surface area contributed by atoms with E-state index in [0.29, 0.717) is 11.8 Å². The molecule has 0 fully saturated rings. The van der Waals surface area contributed by atoms with Crippen LogP contribution >= 0.6 is 0 Å². The van der Waals surface area contributed by atoms with Crippen LogP contribution in [0.15, 0.2) is 133 Å². The van der Waals surface area contributed by atoms with E-state index in [2.05, 4.69) is 77.9 Å². The van der Waals surface area contributed by atoms with Gasteiger partial charge in [0.15, 0.2) is 0 Å². The molecule has 5 nitrogen and oxygen atoms in total. The van der Waals surface area contributed by atoms with Crippen LogP contribution in [-0.2, 0) is 15.2 Å². The molecule has 0 bridgehead atoms. The Kier molecular flexibility index (Phi) is 10.2. The molecule has 0 saturated carbocycles. The molecule has 4 aromatic carbocycles. The van der Waals surface area contributed by atoms with Crippen LogP contribution in [-0.4, -0.2) is 29.0 Å². The lowest BCUT2D eigenvalue weighted by molar-refractivity contribution is -0.0630. The first-order valence-electron chi connectivity index (χ1n) is 16.4. The Balaban J connectivity index is 1.47. The molecule has 2 aromatic heterocycles. The van der Waals surface area contributed by atoms with Gasteiger partial charge >= 0.3 is 0 Å². The van der Waals surface area contributed by atoms with E-state index in [1.54, 1.807) is 0 Å². The Morgan fingerprint density at radius 2 is 0.837 bits per heavy atom. The van der Waals surface area contributed by atoms with E-state index < -0.39 is 10.4 Å². The predicted molar refractivity (Wildman–Crippen MR) is 200 cm³/mol. The van der Waals surface area contributed by atoms with Crippen molar-refractivity contribution in [2.24, 2.45) is 0 Å². The maximum Gasteiger partial charge on any atom is 0.219 e. The van der Waals surface area contributed by atoms with Crippen molar-refractivity contribution in [1.29, 1.82) is 0 Å². The van der Waals surface area contributed by atoms with Crippen molar-refractivity contribution in [2.75, 3.05) is 0 Å². The number of hydrogen-bond donors (Lipinski definition) is 0. The van der Waals surface area contributed by atoms with E-state index in [1.165, 1.54) is 32.6 Å². The lowest BCUT2D eigenvalue weighted by Crippen LogP contribution is -2.51. The second-order valence-corrected chi connectivity index (χ2v) is 16.0. The van der Waals surface area contributed by atoms with Crippen molar-refractivity contribution in [3.8, 4) is 23.3 Å². The number of aromatic nitrogens is 2. The summed E-state index contributed by atoms with van der Waals surface area (Å²) in [5.41, 5.74) is 6.57. The van der Waals surface area contributed by atoms with Gasteiger partial charge < -0.3 is 14.2 Å². The molecule has 0 saturated heterocycles. The molecule has 49 heavy (non-hydrogen) atoms. The second kappa shape index (κ2) is 14.7. The average molecular weight is 677 g/mol. The highest BCUT2D eigenvalue weighted by atomic mass is 28.2. The predicted octanol–water partition coefficient (Wildman–Crippen LogP) is 8.42. The van der Waals surface area contributed by atoms with E-state index in [4.69, 9.17) is 24.2 Å². The average Bonchev–Trinajstić information content (AvgIpc) is 3.10. The summed E-state index contributed by atoms with van der Waals surface area (Å²) in [5, 5.41) is 0.744. The highest BCUT2D eigenvalue weighted by molar-refractivity contribution is 6.58. The number of para-hydroxylation sites is 2. The van der Waals surface area contributed by atoms with Gasteiger partial charge in [-0.05, 0) is 100 Å². The minimum absolute atomic E-state index is 0.240. The van der Waals surface area contributed by atoms with Crippen molar-refractivity contribution >= 4 is 29.4 Å². The van der Waals surface area contributed by atoms with Gasteiger partial charge in [-0.15, -0.1) is 0 Å². The maximum atomic E-state index is 7.59. The number of rotatable bonds is 12. The van der Waals surface area contributed by atoms with Crippen LogP contribution in [0.25, 0.3) is 0 Å². The third-order valence-corrected chi connectivity index (χ3v) is 12.0. The number of ether oxygens (including phenoxy) is 3. The lowest BCUT2D eigenvalue weighted by Gasteiger charge is -2.40. The van der Waals surface area contributed by atoms with Gasteiger partial charge in [-0.25, -0.2) is 9.97 Å². The highest BCUT2D eigenvalue weighted by Gasteiger charge is 2.42. The summed E-state index contributed by atoms with van der Waals surface area (Å²) >= 11 is 0. The zero-order valence-corrected chi connectivity index (χ0v) is 30.8. The minimum Gasteiger partial charge on any atom is -0.439 e. The maximum absolute atomic E-state index is 7.59. The zero-order valence-electron chi connectivity index (χ0n) is 28.8. The van der Waals surface area contributed by atoms with Crippen LogP contribution < -0.4 is 19.8 Å². The standard InChI is InChI=1S/C42H40N2O3Si2/c1-29-17-13-23-35(31(29)3)48-41(5,37-25-15-27-39(43-37)45-33-19-9-7-10-20-33)47-42(6,49-36-24-14-18-30(2)32(36)4)38-26-16-28-40(44-38)46-34-21-11-8-12-22-34/h7-28H,1-6H3. The van der Waals surface area contributed by atoms with Gasteiger partial charge in [0.1, 0.15) is 30.5 Å². The summed E-state index contributed by atoms with van der Waals surface area (Å²) in [4.78, 5) is 10.2. The Hall–Kier alpha value is -4.83. The van der Waals surface area contributed by atoms with Gasteiger partial charge in [0.2, 0.25) is 11.8 Å². The van der Waals surface area contributed by atoms with E-state index >= 15 is 0 Å². The summed E-state index contributed by atoms with van der Waals surface area (Å²) in [6, 6.07) is 44.3. The molecule has 2 atom stereocenters. The molecular weight excluding hydrogens is 637 g/mol. The van der Waals surface area contributed by atoms with Crippen molar-refractivity contribution in [1.82, 2.24) is 9.97 Å². The molecule has 6 rings (SSSR count). The largest absolute Gasteiger partial charge is 0.439 e. The van der Waals surface area contributed by atoms with Crippen LogP contribution in [0.1, 0.15) is 47.5 Å². The van der Waals surface area contributed by atoms with Crippen LogP contribution in [0.3, 0.4) is 0 Å². The van der Waals surface area contributed by atoms with E-state index in [-0.39, 0.29) is 19.0 Å². The summed E-state index contributed by atoms with van der Waals surface area (Å²) in [6.07, 6.45) is 0. The SMILES string of the molecule is Cc1cccc([Si]C(C)(OC(C)([Si]c2cccc(C)c2C)c2cccc(Oc3ccccc3)n2)c2cccc(Oc3ccccc3)n2)c1C. The first-order valence-corrected chi connectivity index (χ1v) is 18.4. The van der Waals surface area contributed by atoms with Crippen molar-refractivity contribution in [3.63, 3.8) is 0 Å². The molecule has 2 heterocycles. The summed E-state index contributed by atoms with van der Waals surface area (Å²) in [6.45, 7) is 13.0. The first kappa shape index (κ1) is 34.1. The van der Waals surface area contributed by atoms with Gasteiger partial charge in [-0.1, -0.05) is 95.3 Å². The molecule has 0 aliphatic carbocycles. The molecule has 0 spiro atoms. The van der Waals surface area contributed by atoms with Crippen molar-refractivity contribution in [2.45, 2.75) is 52.0 Å². The number of hydrogen-bond acceptors (Lipinski definition) is 5. The van der Waals surface area contributed by atoms with Gasteiger partial charge in [-0.3, -0.25) is 0 Å². The van der Waals surface area contributed by atoms with Gasteiger partial charge in [0.25, 0.3) is 0 Å². The minimum atomic E-state index is -0.855. The topological polar surface area (TPSA) is 53.5 Å². The molecule has 244 valence electrons. The van der Waals surface area contributed by atoms with E-state index in [9.17, 15) is 0 Å². The Morgan fingerprint density at radius 1 is 0.449 bits per heavy atom. The molecule has 7 heteroatoms. The van der Waals surface area contributed by atoms with Crippen molar-refractivity contribution in [3.05, 3.63) is 167 Å². The van der Waals surface area contributed by atoms with Crippen molar-refractivity contribution < 1.29 is 14.2 Å². The molecule has 0 aliphatic rings. The number of benzene rings is 4. The van der Waals surface area contributed by atoms with Crippen LogP contribution in [0.2, 0.25) is 0 Å². The Morgan fingerprint density at radius 3 is 1.24 bits per heavy atom. The number of aryl methyl sites for hydroxylation is 2. The third-order valence-electron chi connectivity index (χ3n) is 8.72. The lowest BCUT2D eigenvalue weighted by atomic mass is 10.1. The quantitative estimate of drug-likeness (QED) is 0.122. The van der Waals surface area contributed by atoms with Crippen LogP contribution in [0, 0.1) is 27.7 Å². The van der Waals surface area contributed by atoms with E-state index in [0.717, 1.165) is 22.9 Å². The summed E-state index contributed by atoms with van der Waals surface area (Å²) < 4.78 is 20.1. The number of nitrogens with zero attached hydrogens (tertiary/aromatic N) is 2. The van der Waals surface area contributed by atoms with Gasteiger partial charge in [0.05, 0.1) is 21.8 Å². The monoisotopic (exact) mass is 676 g/mol. The first-order chi connectivity index (χ1) is 23.6. The zero-order chi connectivity index (χ0) is 34.4. The molecule has 0 amide bonds. The Bertz CT molecular complexity index is 1890. The summed E-state index contributed by atoms with van der Waals surface area (Å²) in [5.74, 6) is 2.48. The Labute approximate surface area is 295 Å². The molecule has 4 radical (unpaired) electrons. The normalized spacial score (nSPS) is 13.7.